The van der Waals surface area contributed by atoms with Crippen molar-refractivity contribution in [3.8, 4) is 0 Å². The molecule has 1 aromatic heterocycles. The minimum Gasteiger partial charge on any atom is -0.320 e. The molecule has 22 heavy (non-hydrogen) atoms. The van der Waals surface area contributed by atoms with Gasteiger partial charge in [-0.05, 0) is 31.2 Å². The Kier molecular flexibility index (Phi) is 3.47. The lowest BCUT2D eigenvalue weighted by molar-refractivity contribution is 0.102. The van der Waals surface area contributed by atoms with E-state index in [9.17, 15) is 9.59 Å². The molecule has 3 aromatic rings. The molecule has 0 aliphatic rings. The third-order valence-corrected chi connectivity index (χ3v) is 3.51. The standard InChI is InChI=1S/C17H15N3O2/c1-11-7-9-12(10-8-11)18-16(21)15-17(22)20(2)14-6-4-3-5-13(14)19-15/h3-10H,1-2H3,(H,18,21). The van der Waals surface area contributed by atoms with Gasteiger partial charge in [0.1, 0.15) is 0 Å². The molecule has 0 atom stereocenters. The Morgan fingerprint density at radius 1 is 1.09 bits per heavy atom. The molecule has 0 saturated carbocycles. The van der Waals surface area contributed by atoms with Crippen LogP contribution in [-0.2, 0) is 7.05 Å². The summed E-state index contributed by atoms with van der Waals surface area (Å²) in [5, 5.41) is 2.70. The van der Waals surface area contributed by atoms with Gasteiger partial charge < -0.3 is 9.88 Å². The summed E-state index contributed by atoms with van der Waals surface area (Å²) in [6, 6.07) is 14.6. The zero-order valence-corrected chi connectivity index (χ0v) is 12.3. The van der Waals surface area contributed by atoms with E-state index < -0.39 is 11.5 Å². The zero-order valence-electron chi connectivity index (χ0n) is 12.3. The summed E-state index contributed by atoms with van der Waals surface area (Å²) in [4.78, 5) is 28.8. The highest BCUT2D eigenvalue weighted by molar-refractivity contribution is 6.03. The Labute approximate surface area is 127 Å². The molecular weight excluding hydrogens is 278 g/mol. The van der Waals surface area contributed by atoms with Gasteiger partial charge in [-0.15, -0.1) is 0 Å². The molecule has 0 bridgehead atoms. The average molecular weight is 293 g/mol. The predicted molar refractivity (Wildman–Crippen MR) is 86.1 cm³/mol. The van der Waals surface area contributed by atoms with Gasteiger partial charge in [0.05, 0.1) is 11.0 Å². The summed E-state index contributed by atoms with van der Waals surface area (Å²) >= 11 is 0. The number of fused-ring (bicyclic) bond motifs is 1. The maximum atomic E-state index is 12.3. The molecule has 0 spiro atoms. The molecule has 5 nitrogen and oxygen atoms in total. The summed E-state index contributed by atoms with van der Waals surface area (Å²) in [5.74, 6) is -0.504. The average Bonchev–Trinajstić information content (AvgIpc) is 2.53. The summed E-state index contributed by atoms with van der Waals surface area (Å²) in [6.45, 7) is 1.96. The van der Waals surface area contributed by atoms with Crippen LogP contribution in [0.2, 0.25) is 0 Å². The van der Waals surface area contributed by atoms with E-state index in [1.165, 1.54) is 4.57 Å². The van der Waals surface area contributed by atoms with Gasteiger partial charge in [-0.3, -0.25) is 9.59 Å². The SMILES string of the molecule is Cc1ccc(NC(=O)c2nc3ccccc3n(C)c2=O)cc1. The smallest absolute Gasteiger partial charge is 0.282 e. The fraction of sp³-hybridized carbons (Fsp3) is 0.118. The molecular formula is C17H15N3O2. The molecule has 0 fully saturated rings. The monoisotopic (exact) mass is 293 g/mol. The molecule has 2 aromatic carbocycles. The molecule has 0 aliphatic carbocycles. The number of amides is 1. The molecule has 3 rings (SSSR count). The molecule has 0 unspecified atom stereocenters. The third-order valence-electron chi connectivity index (χ3n) is 3.51. The van der Waals surface area contributed by atoms with Crippen LogP contribution in [0.1, 0.15) is 16.1 Å². The van der Waals surface area contributed by atoms with Gasteiger partial charge in [-0.2, -0.15) is 0 Å². The topological polar surface area (TPSA) is 64.0 Å². The summed E-state index contributed by atoms with van der Waals surface area (Å²) < 4.78 is 1.44. The van der Waals surface area contributed by atoms with Crippen molar-refractivity contribution in [2.24, 2.45) is 7.05 Å². The first kappa shape index (κ1) is 14.0. The highest BCUT2D eigenvalue weighted by Crippen LogP contribution is 2.11. The second-order valence-corrected chi connectivity index (χ2v) is 5.13. The van der Waals surface area contributed by atoms with E-state index in [1.54, 1.807) is 31.3 Å². The normalized spacial score (nSPS) is 10.6. The van der Waals surface area contributed by atoms with Crippen LogP contribution in [0.3, 0.4) is 0 Å². The molecule has 110 valence electrons. The van der Waals surface area contributed by atoms with Crippen LogP contribution in [0.25, 0.3) is 11.0 Å². The fourth-order valence-corrected chi connectivity index (χ4v) is 2.25. The molecule has 0 saturated heterocycles. The quantitative estimate of drug-likeness (QED) is 0.789. The van der Waals surface area contributed by atoms with Gasteiger partial charge in [-0.25, -0.2) is 4.98 Å². The van der Waals surface area contributed by atoms with Crippen molar-refractivity contribution in [2.45, 2.75) is 6.92 Å². The van der Waals surface area contributed by atoms with Crippen LogP contribution in [-0.4, -0.2) is 15.5 Å². The van der Waals surface area contributed by atoms with E-state index in [0.717, 1.165) is 5.56 Å². The third kappa shape index (κ3) is 2.48. The van der Waals surface area contributed by atoms with E-state index >= 15 is 0 Å². The number of carbonyl (C=O) groups is 1. The number of carbonyl (C=O) groups excluding carboxylic acids is 1. The van der Waals surface area contributed by atoms with Crippen LogP contribution in [0, 0.1) is 6.92 Å². The highest BCUT2D eigenvalue weighted by Gasteiger charge is 2.16. The maximum absolute atomic E-state index is 12.3. The van der Waals surface area contributed by atoms with Gasteiger partial charge in [0.25, 0.3) is 11.5 Å². The van der Waals surface area contributed by atoms with Crippen molar-refractivity contribution in [1.29, 1.82) is 0 Å². The molecule has 5 heteroatoms. The van der Waals surface area contributed by atoms with Crippen molar-refractivity contribution >= 4 is 22.6 Å². The maximum Gasteiger partial charge on any atom is 0.282 e. The van der Waals surface area contributed by atoms with Crippen molar-refractivity contribution in [1.82, 2.24) is 9.55 Å². The van der Waals surface area contributed by atoms with E-state index in [0.29, 0.717) is 16.7 Å². The lowest BCUT2D eigenvalue weighted by Gasteiger charge is -2.08. The second kappa shape index (κ2) is 5.44. The minimum atomic E-state index is -0.504. The Morgan fingerprint density at radius 2 is 1.77 bits per heavy atom. The molecule has 1 heterocycles. The fourth-order valence-electron chi connectivity index (χ4n) is 2.25. The second-order valence-electron chi connectivity index (χ2n) is 5.13. The number of nitrogens with one attached hydrogen (secondary N) is 1. The lowest BCUT2D eigenvalue weighted by atomic mass is 10.2. The number of aromatic nitrogens is 2. The summed E-state index contributed by atoms with van der Waals surface area (Å²) in [7, 11) is 1.63. The predicted octanol–water partition coefficient (Wildman–Crippen LogP) is 2.49. The Balaban J connectivity index is 2.02. The molecule has 1 amide bonds. The minimum absolute atomic E-state index is 0.109. The summed E-state index contributed by atoms with van der Waals surface area (Å²) in [6.07, 6.45) is 0. The number of benzene rings is 2. The molecule has 1 N–H and O–H groups in total. The summed E-state index contributed by atoms with van der Waals surface area (Å²) in [5.41, 5.74) is 2.51. The largest absolute Gasteiger partial charge is 0.320 e. The van der Waals surface area contributed by atoms with E-state index in [1.807, 2.05) is 31.2 Å². The van der Waals surface area contributed by atoms with Crippen molar-refractivity contribution in [3.05, 3.63) is 70.1 Å². The highest BCUT2D eigenvalue weighted by atomic mass is 16.2. The van der Waals surface area contributed by atoms with Crippen LogP contribution >= 0.6 is 0 Å². The van der Waals surface area contributed by atoms with Crippen LogP contribution < -0.4 is 10.9 Å². The number of anilines is 1. The number of hydrogen-bond acceptors (Lipinski definition) is 3. The molecule has 0 radical (unpaired) electrons. The van der Waals surface area contributed by atoms with Gasteiger partial charge in [0, 0.05) is 12.7 Å². The van der Waals surface area contributed by atoms with Crippen LogP contribution in [0.15, 0.2) is 53.3 Å². The Hall–Kier alpha value is -2.95. The van der Waals surface area contributed by atoms with E-state index in [2.05, 4.69) is 10.3 Å². The van der Waals surface area contributed by atoms with Gasteiger partial charge in [0.15, 0.2) is 5.69 Å². The van der Waals surface area contributed by atoms with Crippen LogP contribution in [0.5, 0.6) is 0 Å². The van der Waals surface area contributed by atoms with Crippen LogP contribution in [0.4, 0.5) is 5.69 Å². The number of para-hydroxylation sites is 2. The first-order chi connectivity index (χ1) is 10.6. The lowest BCUT2D eigenvalue weighted by Crippen LogP contribution is -2.29. The van der Waals surface area contributed by atoms with E-state index in [-0.39, 0.29) is 5.69 Å². The van der Waals surface area contributed by atoms with Crippen molar-refractivity contribution < 1.29 is 4.79 Å². The Morgan fingerprint density at radius 3 is 2.50 bits per heavy atom. The van der Waals surface area contributed by atoms with Gasteiger partial charge >= 0.3 is 0 Å². The molecule has 0 aliphatic heterocycles. The first-order valence-corrected chi connectivity index (χ1v) is 6.90. The van der Waals surface area contributed by atoms with Crippen molar-refractivity contribution in [3.63, 3.8) is 0 Å². The van der Waals surface area contributed by atoms with E-state index in [4.69, 9.17) is 0 Å². The van der Waals surface area contributed by atoms with Crippen molar-refractivity contribution in [2.75, 3.05) is 5.32 Å². The first-order valence-electron chi connectivity index (χ1n) is 6.90. The Bertz CT molecular complexity index is 911. The zero-order chi connectivity index (χ0) is 15.7. The van der Waals surface area contributed by atoms with Gasteiger partial charge in [0.2, 0.25) is 0 Å². The number of aryl methyl sites for hydroxylation is 2. The number of nitrogens with zero attached hydrogens (tertiary/aromatic N) is 2. The van der Waals surface area contributed by atoms with Gasteiger partial charge in [-0.1, -0.05) is 29.8 Å². The number of hydrogen-bond donors (Lipinski definition) is 1. The number of rotatable bonds is 2.